The maximum atomic E-state index is 13.5. The second-order valence-corrected chi connectivity index (χ2v) is 12.9. The number of hydrogen-bond acceptors (Lipinski definition) is 8. The van der Waals surface area contributed by atoms with Gasteiger partial charge in [-0.15, -0.1) is 0 Å². The number of para-hydroxylation sites is 1. The van der Waals surface area contributed by atoms with Crippen molar-refractivity contribution in [3.8, 4) is 0 Å². The van der Waals surface area contributed by atoms with Gasteiger partial charge in [-0.3, -0.25) is 19.2 Å². The number of carboxylic acids is 1. The van der Waals surface area contributed by atoms with Gasteiger partial charge in [0.2, 0.25) is 23.6 Å². The molecule has 276 valence electrons. The molecule has 1 aliphatic heterocycles. The molecule has 0 aliphatic carbocycles. The molecule has 15 heteroatoms. The van der Waals surface area contributed by atoms with Gasteiger partial charge in [-0.2, -0.15) is 0 Å². The van der Waals surface area contributed by atoms with E-state index in [4.69, 9.17) is 5.73 Å². The number of aldehydes is 1. The summed E-state index contributed by atoms with van der Waals surface area (Å²) in [7, 11) is 0. The Morgan fingerprint density at radius 3 is 2.24 bits per heavy atom. The van der Waals surface area contributed by atoms with E-state index >= 15 is 0 Å². The largest absolute Gasteiger partial charge is 0.480 e. The molecule has 1 aliphatic rings. The number of benzene rings is 2. The number of amides is 6. The first-order chi connectivity index (χ1) is 24.3. The Kier molecular flexibility index (Phi) is 15.6. The third kappa shape index (κ3) is 12.2. The molecule has 51 heavy (non-hydrogen) atoms. The first-order valence-corrected chi connectivity index (χ1v) is 17.1. The number of likely N-dealkylation sites (tertiary alicyclic amines) is 1. The minimum atomic E-state index is -1.35. The van der Waals surface area contributed by atoms with Crippen LogP contribution < -0.4 is 32.3 Å². The molecule has 0 radical (unpaired) electrons. The van der Waals surface area contributed by atoms with Crippen LogP contribution in [0, 0.1) is 12.8 Å². The lowest BCUT2D eigenvalue weighted by molar-refractivity contribution is -0.150. The fourth-order valence-electron chi connectivity index (χ4n) is 5.73. The van der Waals surface area contributed by atoms with Crippen LogP contribution in [0.2, 0.25) is 0 Å². The number of carbonyl (C=O) groups excluding carboxylic acids is 6. The van der Waals surface area contributed by atoms with Crippen molar-refractivity contribution in [2.24, 2.45) is 11.7 Å². The number of nitrogens with one attached hydrogen (secondary N) is 5. The number of carbonyl (C=O) groups is 7. The summed E-state index contributed by atoms with van der Waals surface area (Å²) >= 11 is 0. The highest BCUT2D eigenvalue weighted by atomic mass is 16.4. The number of aryl methyl sites for hydroxylation is 1. The zero-order chi connectivity index (χ0) is 37.5. The molecule has 0 spiro atoms. The van der Waals surface area contributed by atoms with Crippen molar-refractivity contribution in [2.45, 2.75) is 89.9 Å². The molecule has 0 aromatic heterocycles. The number of nitrogens with two attached hydrogens (primary N) is 1. The summed E-state index contributed by atoms with van der Waals surface area (Å²) in [6, 6.07) is 9.08. The number of rotatable bonds is 18. The van der Waals surface area contributed by atoms with Crippen molar-refractivity contribution >= 4 is 53.3 Å². The number of hydrogen-bond donors (Lipinski definition) is 7. The smallest absolute Gasteiger partial charge is 0.326 e. The van der Waals surface area contributed by atoms with E-state index < -0.39 is 72.1 Å². The Morgan fingerprint density at radius 1 is 0.922 bits per heavy atom. The van der Waals surface area contributed by atoms with Gasteiger partial charge in [-0.1, -0.05) is 44.2 Å². The van der Waals surface area contributed by atoms with E-state index in [0.717, 1.165) is 5.56 Å². The zero-order valence-corrected chi connectivity index (χ0v) is 29.3. The summed E-state index contributed by atoms with van der Waals surface area (Å²) in [5.41, 5.74) is 8.34. The molecule has 0 unspecified atom stereocenters. The van der Waals surface area contributed by atoms with Crippen molar-refractivity contribution < 1.29 is 38.7 Å². The predicted octanol–water partition coefficient (Wildman–Crippen LogP) is 2.09. The maximum absolute atomic E-state index is 13.5. The van der Waals surface area contributed by atoms with Gasteiger partial charge in [-0.05, 0) is 80.8 Å². The summed E-state index contributed by atoms with van der Waals surface area (Å²) in [5.74, 6) is -4.06. The van der Waals surface area contributed by atoms with Crippen molar-refractivity contribution in [2.75, 3.05) is 23.7 Å². The van der Waals surface area contributed by atoms with Crippen molar-refractivity contribution in [3.63, 3.8) is 0 Å². The van der Waals surface area contributed by atoms with Gasteiger partial charge in [0, 0.05) is 24.3 Å². The number of anilines is 2. The summed E-state index contributed by atoms with van der Waals surface area (Å²) < 4.78 is 0. The van der Waals surface area contributed by atoms with Crippen LogP contribution in [0.15, 0.2) is 48.5 Å². The number of aliphatic carboxylic acids is 1. The van der Waals surface area contributed by atoms with E-state index in [0.29, 0.717) is 55.5 Å². The number of nitrogens with zero attached hydrogens (tertiary/aromatic N) is 1. The third-order valence-corrected chi connectivity index (χ3v) is 8.58. The lowest BCUT2D eigenvalue weighted by Gasteiger charge is -2.30. The summed E-state index contributed by atoms with van der Waals surface area (Å²) in [6.07, 6.45) is 2.08. The highest BCUT2D eigenvalue weighted by Gasteiger charge is 2.39. The van der Waals surface area contributed by atoms with Crippen molar-refractivity contribution in [1.29, 1.82) is 0 Å². The molecule has 3 rings (SSSR count). The normalized spacial score (nSPS) is 15.6. The van der Waals surface area contributed by atoms with E-state index in [9.17, 15) is 38.7 Å². The van der Waals surface area contributed by atoms with Gasteiger partial charge in [-0.25, -0.2) is 9.59 Å². The third-order valence-electron chi connectivity index (χ3n) is 8.58. The fourth-order valence-corrected chi connectivity index (χ4v) is 5.73. The number of carboxylic acid groups (broad SMARTS) is 1. The fraction of sp³-hybridized carbons (Fsp3) is 0.472. The van der Waals surface area contributed by atoms with Crippen LogP contribution in [0.1, 0.15) is 63.5 Å². The second kappa shape index (κ2) is 19.8. The average molecular weight is 708 g/mol. The van der Waals surface area contributed by atoms with E-state index in [-0.39, 0.29) is 19.4 Å². The molecule has 6 amide bonds. The Morgan fingerprint density at radius 2 is 1.61 bits per heavy atom. The quantitative estimate of drug-likeness (QED) is 0.0887. The molecule has 1 fully saturated rings. The summed E-state index contributed by atoms with van der Waals surface area (Å²) in [4.78, 5) is 90.1. The topological polar surface area (TPSA) is 229 Å². The first-order valence-electron chi connectivity index (χ1n) is 17.1. The van der Waals surface area contributed by atoms with E-state index in [1.807, 2.05) is 25.1 Å². The highest BCUT2D eigenvalue weighted by molar-refractivity contribution is 6.00. The summed E-state index contributed by atoms with van der Waals surface area (Å²) in [6.45, 7) is 5.87. The van der Waals surface area contributed by atoms with Crippen LogP contribution >= 0.6 is 0 Å². The number of urea groups is 1. The molecular weight excluding hydrogens is 658 g/mol. The van der Waals surface area contributed by atoms with Crippen LogP contribution in [0.25, 0.3) is 0 Å². The van der Waals surface area contributed by atoms with Crippen LogP contribution in [-0.4, -0.2) is 89.2 Å². The van der Waals surface area contributed by atoms with Gasteiger partial charge in [0.1, 0.15) is 30.5 Å². The zero-order valence-electron chi connectivity index (χ0n) is 29.3. The van der Waals surface area contributed by atoms with Gasteiger partial charge in [0.05, 0.1) is 6.42 Å². The Hall–Kier alpha value is -5.31. The molecule has 1 saturated heterocycles. The first kappa shape index (κ1) is 40.1. The van der Waals surface area contributed by atoms with E-state index in [2.05, 4.69) is 26.6 Å². The van der Waals surface area contributed by atoms with E-state index in [1.165, 1.54) is 4.90 Å². The lowest BCUT2D eigenvalue weighted by Crippen LogP contribution is -2.59. The molecule has 15 nitrogen and oxygen atoms in total. The van der Waals surface area contributed by atoms with Gasteiger partial charge >= 0.3 is 12.0 Å². The maximum Gasteiger partial charge on any atom is 0.326 e. The SMILES string of the molecule is Cc1ccccc1NC(=O)Nc1ccc(CC(=O)N[C@@H](CCCCN)C(=O)N[C@@H](CC=O)C(=O)N[C@H](C(=O)N2CCC[C@H]2C(=O)O)C(C)C)cc1. The highest BCUT2D eigenvalue weighted by Crippen LogP contribution is 2.21. The molecule has 8 N–H and O–H groups in total. The van der Waals surface area contributed by atoms with Crippen molar-refractivity contribution in [3.05, 3.63) is 59.7 Å². The van der Waals surface area contributed by atoms with Crippen LogP contribution in [-0.2, 0) is 35.2 Å². The molecular formula is C36H49N7O8. The Bertz CT molecular complexity index is 1550. The average Bonchev–Trinajstić information content (AvgIpc) is 3.59. The van der Waals surface area contributed by atoms with E-state index in [1.54, 1.807) is 44.2 Å². The van der Waals surface area contributed by atoms with Crippen molar-refractivity contribution in [1.82, 2.24) is 20.9 Å². The van der Waals surface area contributed by atoms with Crippen LogP contribution in [0.3, 0.4) is 0 Å². The minimum absolute atomic E-state index is 0.0827. The van der Waals surface area contributed by atoms with Crippen LogP contribution in [0.5, 0.6) is 0 Å². The van der Waals surface area contributed by atoms with Gasteiger partial charge < -0.3 is 47.1 Å². The molecule has 2 aromatic carbocycles. The molecule has 0 saturated carbocycles. The Balaban J connectivity index is 1.63. The minimum Gasteiger partial charge on any atom is -0.480 e. The molecule has 1 heterocycles. The van der Waals surface area contributed by atoms with Gasteiger partial charge in [0.15, 0.2) is 0 Å². The molecule has 0 bridgehead atoms. The Labute approximate surface area is 297 Å². The number of unbranched alkanes of at least 4 members (excludes halogenated alkanes) is 1. The van der Waals surface area contributed by atoms with Gasteiger partial charge in [0.25, 0.3) is 0 Å². The standard InChI is InChI=1S/C36H49N7O8/c1-22(2)31(34(48)43-19-8-12-29(43)35(49)50)42-33(47)28(17-20-44)40-32(46)27(11-6-7-18-37)39-30(45)21-24-13-15-25(16-14-24)38-36(51)41-26-10-5-4-9-23(26)3/h4-5,9-10,13-16,20,22,27-29,31H,6-8,11-12,17-19,21,37H2,1-3H3,(H,39,45)(H,40,46)(H,42,47)(H,49,50)(H2,38,41,51)/t27-,28-,29-,31-/m0/s1. The second-order valence-electron chi connectivity index (χ2n) is 12.9. The van der Waals surface area contributed by atoms with Crippen LogP contribution in [0.4, 0.5) is 16.2 Å². The molecule has 2 aromatic rings. The summed E-state index contributed by atoms with van der Waals surface area (Å²) in [5, 5.41) is 22.9. The molecule has 4 atom stereocenters. The lowest BCUT2D eigenvalue weighted by atomic mass is 10.0. The predicted molar refractivity (Wildman–Crippen MR) is 191 cm³/mol. The monoisotopic (exact) mass is 707 g/mol.